The minimum absolute atomic E-state index is 0.137. The second kappa shape index (κ2) is 8.78. The number of benzene rings is 1. The number of imidazole rings is 1. The van der Waals surface area contributed by atoms with E-state index in [1.807, 2.05) is 0 Å². The van der Waals surface area contributed by atoms with Crippen LogP contribution in [0.1, 0.15) is 18.4 Å². The fourth-order valence-corrected chi connectivity index (χ4v) is 3.28. The molecule has 0 aliphatic heterocycles. The maximum Gasteiger partial charge on any atom is 0.332 e. The van der Waals surface area contributed by atoms with Crippen LogP contribution in [-0.2, 0) is 32.0 Å². The molecule has 0 bridgehead atoms. The highest BCUT2D eigenvalue weighted by atomic mass is 19.1. The monoisotopic (exact) mass is 411 g/mol. The molecule has 2 aromatic heterocycles. The molecule has 156 valence electrons. The molecule has 0 saturated heterocycles. The standard InChI is InChI=1S/C21H22FN5O3/c1-4-11-26(13-15-7-9-16(22)10-8-15)17(28)6-5-12-27-14-23-19-18(27)20(29)25(3)21(30)24(19)2/h1,7-10,14H,5-6,11-13H2,2-3H3. The SMILES string of the molecule is C#CCN(Cc1ccc(F)cc1)C(=O)CCCn1cnc2c1c(=O)n(C)c(=O)n2C. The van der Waals surface area contributed by atoms with Crippen molar-refractivity contribution in [3.05, 3.63) is 62.8 Å². The van der Waals surface area contributed by atoms with E-state index in [-0.39, 0.29) is 24.7 Å². The van der Waals surface area contributed by atoms with Gasteiger partial charge in [-0.3, -0.25) is 18.7 Å². The summed E-state index contributed by atoms with van der Waals surface area (Å²) in [5.41, 5.74) is 0.532. The molecule has 30 heavy (non-hydrogen) atoms. The second-order valence-electron chi connectivity index (χ2n) is 7.00. The molecule has 1 amide bonds. The molecule has 0 N–H and O–H groups in total. The molecule has 0 atom stereocenters. The number of terminal acetylenes is 1. The van der Waals surface area contributed by atoms with Crippen LogP contribution in [0.25, 0.3) is 11.2 Å². The van der Waals surface area contributed by atoms with Gasteiger partial charge in [0.25, 0.3) is 5.56 Å². The number of rotatable bonds is 7. The highest BCUT2D eigenvalue weighted by Gasteiger charge is 2.16. The van der Waals surface area contributed by atoms with Crippen molar-refractivity contribution in [1.82, 2.24) is 23.6 Å². The maximum absolute atomic E-state index is 13.1. The van der Waals surface area contributed by atoms with Gasteiger partial charge >= 0.3 is 5.69 Å². The average molecular weight is 411 g/mol. The topological polar surface area (TPSA) is 82.1 Å². The van der Waals surface area contributed by atoms with Gasteiger partial charge in [-0.1, -0.05) is 18.1 Å². The summed E-state index contributed by atoms with van der Waals surface area (Å²) >= 11 is 0. The molecule has 0 spiro atoms. The lowest BCUT2D eigenvalue weighted by molar-refractivity contribution is -0.131. The fraction of sp³-hybridized carbons (Fsp3) is 0.333. The van der Waals surface area contributed by atoms with E-state index >= 15 is 0 Å². The minimum atomic E-state index is -0.446. The number of carbonyl (C=O) groups is 1. The van der Waals surface area contributed by atoms with Crippen LogP contribution in [0.2, 0.25) is 0 Å². The van der Waals surface area contributed by atoms with E-state index in [0.717, 1.165) is 10.1 Å². The van der Waals surface area contributed by atoms with Gasteiger partial charge in [0.15, 0.2) is 11.2 Å². The summed E-state index contributed by atoms with van der Waals surface area (Å²) in [5, 5.41) is 0. The number of hydrogen-bond donors (Lipinski definition) is 0. The Labute approximate surface area is 172 Å². The van der Waals surface area contributed by atoms with Crippen molar-refractivity contribution < 1.29 is 9.18 Å². The Morgan fingerprint density at radius 1 is 1.20 bits per heavy atom. The van der Waals surface area contributed by atoms with E-state index in [2.05, 4.69) is 10.9 Å². The third-order valence-electron chi connectivity index (χ3n) is 4.93. The Morgan fingerprint density at radius 3 is 2.57 bits per heavy atom. The van der Waals surface area contributed by atoms with Gasteiger partial charge in [0.05, 0.1) is 12.9 Å². The lowest BCUT2D eigenvalue weighted by Crippen LogP contribution is -2.37. The number of hydrogen-bond acceptors (Lipinski definition) is 4. The molecule has 3 aromatic rings. The number of aromatic nitrogens is 4. The Morgan fingerprint density at radius 2 is 1.90 bits per heavy atom. The first-order chi connectivity index (χ1) is 14.3. The van der Waals surface area contributed by atoms with E-state index in [4.69, 9.17) is 6.42 Å². The average Bonchev–Trinajstić information content (AvgIpc) is 3.16. The van der Waals surface area contributed by atoms with Crippen LogP contribution in [0.5, 0.6) is 0 Å². The van der Waals surface area contributed by atoms with Crippen molar-refractivity contribution in [2.75, 3.05) is 6.54 Å². The second-order valence-corrected chi connectivity index (χ2v) is 7.00. The Balaban J connectivity index is 1.70. The summed E-state index contributed by atoms with van der Waals surface area (Å²) in [7, 11) is 2.97. The smallest absolute Gasteiger partial charge is 0.327 e. The van der Waals surface area contributed by atoms with Gasteiger partial charge in [-0.2, -0.15) is 0 Å². The van der Waals surface area contributed by atoms with E-state index < -0.39 is 11.2 Å². The molecular formula is C21H22FN5O3. The lowest BCUT2D eigenvalue weighted by Gasteiger charge is -2.20. The molecule has 0 unspecified atom stereocenters. The number of carbonyl (C=O) groups excluding carboxylic acids is 1. The van der Waals surface area contributed by atoms with E-state index in [0.29, 0.717) is 30.7 Å². The van der Waals surface area contributed by atoms with Crippen LogP contribution < -0.4 is 11.2 Å². The van der Waals surface area contributed by atoms with Crippen molar-refractivity contribution in [1.29, 1.82) is 0 Å². The van der Waals surface area contributed by atoms with E-state index in [1.54, 1.807) is 23.7 Å². The summed E-state index contributed by atoms with van der Waals surface area (Å²) in [6, 6.07) is 5.91. The highest BCUT2D eigenvalue weighted by Crippen LogP contribution is 2.11. The normalized spacial score (nSPS) is 10.9. The van der Waals surface area contributed by atoms with Gasteiger partial charge in [-0.15, -0.1) is 6.42 Å². The van der Waals surface area contributed by atoms with Gasteiger partial charge in [-0.05, 0) is 24.1 Å². The quantitative estimate of drug-likeness (QED) is 0.544. The predicted molar refractivity (Wildman–Crippen MR) is 110 cm³/mol. The first-order valence-electron chi connectivity index (χ1n) is 9.40. The minimum Gasteiger partial charge on any atom is -0.327 e. The number of halogens is 1. The summed E-state index contributed by atoms with van der Waals surface area (Å²) in [6.07, 6.45) is 7.56. The zero-order valence-electron chi connectivity index (χ0n) is 16.8. The van der Waals surface area contributed by atoms with Gasteiger partial charge in [0.2, 0.25) is 5.91 Å². The molecular weight excluding hydrogens is 389 g/mol. The van der Waals surface area contributed by atoms with E-state index in [1.165, 1.54) is 35.0 Å². The van der Waals surface area contributed by atoms with Crippen molar-refractivity contribution >= 4 is 17.1 Å². The van der Waals surface area contributed by atoms with Gasteiger partial charge in [-0.25, -0.2) is 14.2 Å². The third kappa shape index (κ3) is 4.17. The predicted octanol–water partition coefficient (Wildman–Crippen LogP) is 1.01. The lowest BCUT2D eigenvalue weighted by atomic mass is 10.2. The zero-order valence-corrected chi connectivity index (χ0v) is 16.8. The molecule has 0 aliphatic rings. The first-order valence-corrected chi connectivity index (χ1v) is 9.40. The summed E-state index contributed by atoms with van der Waals surface area (Å²) in [4.78, 5) is 42.8. The van der Waals surface area contributed by atoms with Crippen LogP contribution in [0.4, 0.5) is 4.39 Å². The molecule has 0 fully saturated rings. The molecule has 9 heteroatoms. The Hall–Kier alpha value is -3.67. The molecule has 2 heterocycles. The summed E-state index contributed by atoms with van der Waals surface area (Å²) in [6.45, 7) is 0.822. The van der Waals surface area contributed by atoms with Crippen LogP contribution in [-0.4, -0.2) is 36.0 Å². The van der Waals surface area contributed by atoms with Crippen LogP contribution in [0.3, 0.4) is 0 Å². The number of nitrogens with zero attached hydrogens (tertiary/aromatic N) is 5. The third-order valence-corrected chi connectivity index (χ3v) is 4.93. The van der Waals surface area contributed by atoms with Gasteiger partial charge in [0.1, 0.15) is 5.82 Å². The molecule has 3 rings (SSSR count). The number of fused-ring (bicyclic) bond motifs is 1. The molecule has 1 aromatic carbocycles. The van der Waals surface area contributed by atoms with Crippen LogP contribution in [0, 0.1) is 18.2 Å². The summed E-state index contributed by atoms with van der Waals surface area (Å²) < 4.78 is 17.1. The molecule has 8 nitrogen and oxygen atoms in total. The maximum atomic E-state index is 13.1. The number of aryl methyl sites for hydroxylation is 2. The van der Waals surface area contributed by atoms with Crippen LogP contribution >= 0.6 is 0 Å². The Bertz CT molecular complexity index is 1230. The largest absolute Gasteiger partial charge is 0.332 e. The number of amides is 1. The van der Waals surface area contributed by atoms with Gasteiger partial charge < -0.3 is 9.47 Å². The van der Waals surface area contributed by atoms with Crippen molar-refractivity contribution in [2.24, 2.45) is 14.1 Å². The summed E-state index contributed by atoms with van der Waals surface area (Å²) in [5.74, 6) is 1.99. The van der Waals surface area contributed by atoms with Crippen molar-refractivity contribution in [3.8, 4) is 12.3 Å². The highest BCUT2D eigenvalue weighted by molar-refractivity contribution is 5.76. The van der Waals surface area contributed by atoms with E-state index in [9.17, 15) is 18.8 Å². The first kappa shape index (κ1) is 21.0. The van der Waals surface area contributed by atoms with Crippen molar-refractivity contribution in [3.63, 3.8) is 0 Å². The molecule has 0 saturated carbocycles. The van der Waals surface area contributed by atoms with Crippen molar-refractivity contribution in [2.45, 2.75) is 25.9 Å². The van der Waals surface area contributed by atoms with Gasteiger partial charge in [0, 0.05) is 33.6 Å². The zero-order chi connectivity index (χ0) is 21.8. The Kier molecular flexibility index (Phi) is 6.16. The molecule has 0 radical (unpaired) electrons. The van der Waals surface area contributed by atoms with Crippen LogP contribution in [0.15, 0.2) is 40.2 Å². The molecule has 0 aliphatic carbocycles. The fourth-order valence-electron chi connectivity index (χ4n) is 3.28.